The van der Waals surface area contributed by atoms with Gasteiger partial charge >= 0.3 is 11.6 Å². The highest BCUT2D eigenvalue weighted by Gasteiger charge is 2.24. The van der Waals surface area contributed by atoms with Crippen molar-refractivity contribution in [2.75, 3.05) is 0 Å². The Balaban J connectivity index is 1.66. The Hall–Kier alpha value is -2.88. The molecule has 0 radical (unpaired) electrons. The van der Waals surface area contributed by atoms with Gasteiger partial charge < -0.3 is 9.15 Å². The predicted octanol–water partition coefficient (Wildman–Crippen LogP) is 5.50. The van der Waals surface area contributed by atoms with Crippen molar-refractivity contribution in [3.63, 3.8) is 0 Å². The normalized spacial score (nSPS) is 19.5. The summed E-state index contributed by atoms with van der Waals surface area (Å²) in [6, 6.07) is 14.6. The molecule has 0 bridgehead atoms. The highest BCUT2D eigenvalue weighted by molar-refractivity contribution is 5.93. The second kappa shape index (κ2) is 7.63. The van der Waals surface area contributed by atoms with Gasteiger partial charge in [-0.25, -0.2) is 9.59 Å². The number of hydrogen-bond acceptors (Lipinski definition) is 4. The molecule has 144 valence electrons. The summed E-state index contributed by atoms with van der Waals surface area (Å²) in [6.45, 7) is 4.08. The first-order chi connectivity index (χ1) is 13.5. The molecular formula is C24H24O4. The highest BCUT2D eigenvalue weighted by atomic mass is 16.5. The molecule has 1 aromatic heterocycles. The molecule has 0 saturated heterocycles. The van der Waals surface area contributed by atoms with E-state index >= 15 is 0 Å². The van der Waals surface area contributed by atoms with E-state index in [-0.39, 0.29) is 12.1 Å². The molecule has 1 aliphatic carbocycles. The Morgan fingerprint density at radius 2 is 1.93 bits per heavy atom. The molecule has 2 atom stereocenters. The predicted molar refractivity (Wildman–Crippen MR) is 109 cm³/mol. The van der Waals surface area contributed by atoms with Gasteiger partial charge in [-0.1, -0.05) is 43.7 Å². The zero-order valence-electron chi connectivity index (χ0n) is 16.2. The van der Waals surface area contributed by atoms with Crippen molar-refractivity contribution in [3.8, 4) is 11.1 Å². The summed E-state index contributed by atoms with van der Waals surface area (Å²) in [5, 5.41) is 0.845. The number of esters is 1. The summed E-state index contributed by atoms with van der Waals surface area (Å²) < 4.78 is 11.2. The molecule has 0 aliphatic heterocycles. The molecule has 28 heavy (non-hydrogen) atoms. The van der Waals surface area contributed by atoms with E-state index in [0.29, 0.717) is 28.2 Å². The lowest BCUT2D eigenvalue weighted by atomic mass is 9.88. The number of rotatable bonds is 3. The lowest BCUT2D eigenvalue weighted by Crippen LogP contribution is -2.25. The van der Waals surface area contributed by atoms with Gasteiger partial charge in [-0.3, -0.25) is 0 Å². The van der Waals surface area contributed by atoms with Gasteiger partial charge in [-0.2, -0.15) is 0 Å². The average molecular weight is 376 g/mol. The zero-order valence-corrected chi connectivity index (χ0v) is 16.2. The minimum Gasteiger partial charge on any atom is -0.459 e. The maximum absolute atomic E-state index is 12.8. The maximum atomic E-state index is 12.8. The summed E-state index contributed by atoms with van der Waals surface area (Å²) in [7, 11) is 0. The Kier molecular flexibility index (Phi) is 5.03. The average Bonchev–Trinajstić information content (AvgIpc) is 2.68. The number of aryl methyl sites for hydroxylation is 1. The Bertz CT molecular complexity index is 1080. The molecule has 4 nitrogen and oxygen atoms in total. The van der Waals surface area contributed by atoms with Gasteiger partial charge in [0, 0.05) is 5.39 Å². The van der Waals surface area contributed by atoms with Gasteiger partial charge in [-0.05, 0) is 61.4 Å². The van der Waals surface area contributed by atoms with Gasteiger partial charge in [0.15, 0.2) is 0 Å². The van der Waals surface area contributed by atoms with E-state index in [2.05, 4.69) is 6.92 Å². The lowest BCUT2D eigenvalue weighted by Gasteiger charge is -2.26. The van der Waals surface area contributed by atoms with Crippen molar-refractivity contribution in [3.05, 3.63) is 70.1 Å². The van der Waals surface area contributed by atoms with Crippen molar-refractivity contribution in [2.45, 2.75) is 45.6 Å². The molecule has 0 spiro atoms. The fourth-order valence-electron chi connectivity index (χ4n) is 3.97. The summed E-state index contributed by atoms with van der Waals surface area (Å²) in [5.74, 6) is 0.268. The quantitative estimate of drug-likeness (QED) is 0.447. The lowest BCUT2D eigenvalue weighted by molar-refractivity contribution is 0.0154. The fraction of sp³-hybridized carbons (Fsp3) is 0.333. The summed E-state index contributed by atoms with van der Waals surface area (Å²) in [6.07, 6.45) is 4.10. The molecule has 1 fully saturated rings. The van der Waals surface area contributed by atoms with Gasteiger partial charge in [0.05, 0.1) is 11.1 Å². The number of carbonyl (C=O) groups excluding carboxylic acids is 1. The highest BCUT2D eigenvalue weighted by Crippen LogP contribution is 2.28. The number of carbonyl (C=O) groups is 1. The van der Waals surface area contributed by atoms with Crippen LogP contribution in [-0.2, 0) is 4.74 Å². The van der Waals surface area contributed by atoms with E-state index in [1.54, 1.807) is 12.1 Å². The smallest absolute Gasteiger partial charge is 0.344 e. The largest absolute Gasteiger partial charge is 0.459 e. The van der Waals surface area contributed by atoms with Crippen LogP contribution in [0.15, 0.2) is 57.7 Å². The van der Waals surface area contributed by atoms with Crippen LogP contribution >= 0.6 is 0 Å². The zero-order chi connectivity index (χ0) is 19.7. The van der Waals surface area contributed by atoms with Gasteiger partial charge in [0.2, 0.25) is 0 Å². The van der Waals surface area contributed by atoms with Crippen LogP contribution in [0.25, 0.3) is 22.1 Å². The van der Waals surface area contributed by atoms with Crippen LogP contribution in [0, 0.1) is 12.8 Å². The third-order valence-electron chi connectivity index (χ3n) is 5.57. The van der Waals surface area contributed by atoms with Gasteiger partial charge in [0.25, 0.3) is 0 Å². The molecule has 4 heteroatoms. The minimum atomic E-state index is -0.414. The molecule has 2 aromatic carbocycles. The number of hydrogen-bond donors (Lipinski definition) is 0. The van der Waals surface area contributed by atoms with Crippen LogP contribution in [0.1, 0.15) is 48.5 Å². The monoisotopic (exact) mass is 376 g/mol. The first-order valence-corrected chi connectivity index (χ1v) is 9.86. The topological polar surface area (TPSA) is 56.5 Å². The van der Waals surface area contributed by atoms with E-state index in [1.807, 2.05) is 43.3 Å². The third kappa shape index (κ3) is 3.72. The van der Waals surface area contributed by atoms with Gasteiger partial charge in [0.1, 0.15) is 11.7 Å². The second-order valence-electron chi connectivity index (χ2n) is 7.81. The Morgan fingerprint density at radius 3 is 2.75 bits per heavy atom. The van der Waals surface area contributed by atoms with Crippen LogP contribution < -0.4 is 5.63 Å². The first-order valence-electron chi connectivity index (χ1n) is 9.86. The van der Waals surface area contributed by atoms with Crippen LogP contribution in [0.4, 0.5) is 0 Å². The van der Waals surface area contributed by atoms with E-state index in [4.69, 9.17) is 9.15 Å². The van der Waals surface area contributed by atoms with Gasteiger partial charge in [-0.15, -0.1) is 0 Å². The van der Waals surface area contributed by atoms with Crippen LogP contribution in [-0.4, -0.2) is 12.1 Å². The number of benzene rings is 2. The van der Waals surface area contributed by atoms with Crippen molar-refractivity contribution in [2.24, 2.45) is 5.92 Å². The number of ether oxygens (including phenoxy) is 1. The van der Waals surface area contributed by atoms with Crippen LogP contribution in [0.2, 0.25) is 0 Å². The molecule has 4 rings (SSSR count). The second-order valence-corrected chi connectivity index (χ2v) is 7.81. The number of para-hydroxylation sites is 1. The van der Waals surface area contributed by atoms with Crippen molar-refractivity contribution in [1.82, 2.24) is 0 Å². The standard InChI is InChI=1S/C24H24O4/c1-15-6-5-8-19(12-15)27-23(25)20-13-17(11-10-16(20)2)21-14-18-7-3-4-9-22(18)28-24(21)26/h3-4,7,9-11,13-15,19H,5-6,8,12H2,1-2H3/t15-,19-/m1/s1. The summed E-state index contributed by atoms with van der Waals surface area (Å²) >= 11 is 0. The molecule has 1 saturated carbocycles. The van der Waals surface area contributed by atoms with E-state index in [9.17, 15) is 9.59 Å². The fourth-order valence-corrected chi connectivity index (χ4v) is 3.97. The SMILES string of the molecule is Cc1ccc(-c2cc3ccccc3oc2=O)cc1C(=O)O[C@@H]1CCC[C@@H](C)C1. The molecule has 0 N–H and O–H groups in total. The van der Waals surface area contributed by atoms with Crippen LogP contribution in [0.3, 0.4) is 0 Å². The molecule has 3 aromatic rings. The molecule has 0 unspecified atom stereocenters. The Labute approximate surface area is 164 Å². The molecule has 1 heterocycles. The van der Waals surface area contributed by atoms with Crippen molar-refractivity contribution in [1.29, 1.82) is 0 Å². The van der Waals surface area contributed by atoms with E-state index < -0.39 is 5.63 Å². The molecule has 0 amide bonds. The summed E-state index contributed by atoms with van der Waals surface area (Å²) in [5.41, 5.74) is 2.58. The Morgan fingerprint density at radius 1 is 1.11 bits per heavy atom. The minimum absolute atomic E-state index is 0.0231. The van der Waals surface area contributed by atoms with Crippen molar-refractivity contribution >= 4 is 16.9 Å². The number of fused-ring (bicyclic) bond motifs is 1. The maximum Gasteiger partial charge on any atom is 0.344 e. The van der Waals surface area contributed by atoms with E-state index in [1.165, 1.54) is 6.42 Å². The summed E-state index contributed by atoms with van der Waals surface area (Å²) in [4.78, 5) is 25.3. The van der Waals surface area contributed by atoms with E-state index in [0.717, 1.165) is 30.2 Å². The first kappa shape index (κ1) is 18.5. The van der Waals surface area contributed by atoms with Crippen molar-refractivity contribution < 1.29 is 13.9 Å². The molecule has 1 aliphatic rings. The van der Waals surface area contributed by atoms with Crippen LogP contribution in [0.5, 0.6) is 0 Å². The molecular weight excluding hydrogens is 352 g/mol. The third-order valence-corrected chi connectivity index (χ3v) is 5.57.